The Kier molecular flexibility index (Phi) is 6.17. The molecule has 0 bridgehead atoms. The number of fused-ring (bicyclic) bond motifs is 11. The average Bonchev–Trinajstić information content (AvgIpc) is 3.96. The second kappa shape index (κ2) is 11.2. The second-order valence-corrected chi connectivity index (χ2v) is 17.4. The molecular weight excluding hydrogens is 711 g/mol. The van der Waals surface area contributed by atoms with Crippen LogP contribution in [0.15, 0.2) is 169 Å². The van der Waals surface area contributed by atoms with Crippen molar-refractivity contribution in [1.82, 2.24) is 4.57 Å². The number of allylic oxidation sites excluding steroid dienone is 1. The molecule has 3 nitrogen and oxygen atoms in total. The number of thiophene rings is 1. The van der Waals surface area contributed by atoms with Crippen LogP contribution in [0.25, 0.3) is 75.0 Å². The normalized spacial score (nSPS) is 16.4. The molecule has 2 aliphatic carbocycles. The quantitative estimate of drug-likeness (QED) is 0.192. The Morgan fingerprint density at radius 1 is 0.544 bits per heavy atom. The maximum Gasteiger partial charge on any atom is 0.201 e. The van der Waals surface area contributed by atoms with Crippen LogP contribution in [0, 0.1) is 0 Å². The van der Waals surface area contributed by atoms with Crippen LogP contribution in [-0.4, -0.2) is 10.3 Å². The largest absolute Gasteiger partial charge is 0.346 e. The van der Waals surface area contributed by atoms with Gasteiger partial charge in [-0.15, -0.1) is 11.3 Å². The minimum Gasteiger partial charge on any atom is -0.346 e. The van der Waals surface area contributed by atoms with E-state index in [0.717, 1.165) is 33.6 Å². The molecule has 2 aromatic heterocycles. The van der Waals surface area contributed by atoms with Gasteiger partial charge in [-0.25, -0.2) is 4.99 Å². The van der Waals surface area contributed by atoms with Gasteiger partial charge in [0.25, 0.3) is 0 Å². The number of nitrogens with zero attached hydrogens (tertiary/aromatic N) is 2. The highest BCUT2D eigenvalue weighted by Gasteiger charge is 2.43. The van der Waals surface area contributed by atoms with Crippen molar-refractivity contribution in [3.8, 4) is 11.1 Å². The lowest BCUT2D eigenvalue weighted by Gasteiger charge is -2.28. The Hall–Kier alpha value is -6.75. The molecule has 0 fully saturated rings. The van der Waals surface area contributed by atoms with Crippen molar-refractivity contribution in [1.29, 1.82) is 0 Å². The molecule has 10 aromatic rings. The first-order valence-corrected chi connectivity index (χ1v) is 20.6. The molecular formula is C53H35N3S. The van der Waals surface area contributed by atoms with Crippen molar-refractivity contribution in [2.24, 2.45) is 4.99 Å². The van der Waals surface area contributed by atoms with Crippen molar-refractivity contribution in [2.75, 3.05) is 5.32 Å². The molecule has 57 heavy (non-hydrogen) atoms. The lowest BCUT2D eigenvalue weighted by molar-refractivity contribution is 0.624. The van der Waals surface area contributed by atoms with Gasteiger partial charge in [0.1, 0.15) is 0 Å². The van der Waals surface area contributed by atoms with Crippen LogP contribution in [0.3, 0.4) is 0 Å². The highest BCUT2D eigenvalue weighted by molar-refractivity contribution is 7.25. The summed E-state index contributed by atoms with van der Waals surface area (Å²) in [5.41, 5.74) is 17.4. The number of para-hydroxylation sites is 2. The van der Waals surface area contributed by atoms with E-state index in [4.69, 9.17) is 4.99 Å². The number of hydrogen-bond donors (Lipinski definition) is 1. The van der Waals surface area contributed by atoms with Gasteiger partial charge in [-0.3, -0.25) is 0 Å². The first kappa shape index (κ1) is 31.5. The van der Waals surface area contributed by atoms with Crippen LogP contribution < -0.4 is 5.32 Å². The first-order valence-electron chi connectivity index (χ1n) is 19.8. The second-order valence-electron chi connectivity index (χ2n) is 16.3. The van der Waals surface area contributed by atoms with E-state index >= 15 is 0 Å². The van der Waals surface area contributed by atoms with Crippen molar-refractivity contribution in [3.05, 3.63) is 197 Å². The fraction of sp³-hybridized carbons (Fsp3) is 0.0755. The summed E-state index contributed by atoms with van der Waals surface area (Å²) < 4.78 is 4.98. The zero-order chi connectivity index (χ0) is 37.6. The van der Waals surface area contributed by atoms with E-state index in [1.165, 1.54) is 86.2 Å². The van der Waals surface area contributed by atoms with Crippen molar-refractivity contribution < 1.29 is 0 Å². The molecule has 4 heteroatoms. The zero-order valence-electron chi connectivity index (χ0n) is 31.5. The number of aliphatic imine (C=N–C) groups is 1. The van der Waals surface area contributed by atoms with Crippen LogP contribution in [0.2, 0.25) is 0 Å². The van der Waals surface area contributed by atoms with Crippen LogP contribution in [0.4, 0.5) is 5.69 Å². The van der Waals surface area contributed by atoms with Gasteiger partial charge in [0.05, 0.1) is 16.7 Å². The van der Waals surface area contributed by atoms with Gasteiger partial charge in [0.2, 0.25) is 6.29 Å². The molecule has 1 N–H and O–H groups in total. The highest BCUT2D eigenvalue weighted by atomic mass is 32.1. The predicted octanol–water partition coefficient (Wildman–Crippen LogP) is 14.0. The Bertz CT molecular complexity index is 3480. The summed E-state index contributed by atoms with van der Waals surface area (Å²) in [5, 5.41) is 11.6. The van der Waals surface area contributed by atoms with Crippen molar-refractivity contribution in [3.63, 3.8) is 0 Å². The lowest BCUT2D eigenvalue weighted by Crippen LogP contribution is -2.24. The van der Waals surface area contributed by atoms with Crippen LogP contribution >= 0.6 is 11.3 Å². The molecule has 1 atom stereocenters. The molecule has 3 heterocycles. The molecule has 0 radical (unpaired) electrons. The number of hydrogen-bond acceptors (Lipinski definition) is 3. The molecule has 0 saturated heterocycles. The Morgan fingerprint density at radius 3 is 2.16 bits per heavy atom. The summed E-state index contributed by atoms with van der Waals surface area (Å²) in [6.45, 7) is 4.79. The third-order valence-corrected chi connectivity index (χ3v) is 14.1. The van der Waals surface area contributed by atoms with E-state index in [-0.39, 0.29) is 11.7 Å². The predicted molar refractivity (Wildman–Crippen MR) is 242 cm³/mol. The van der Waals surface area contributed by atoms with Gasteiger partial charge in [-0.2, -0.15) is 0 Å². The monoisotopic (exact) mass is 745 g/mol. The van der Waals surface area contributed by atoms with Gasteiger partial charge >= 0.3 is 0 Å². The Morgan fingerprint density at radius 2 is 1.25 bits per heavy atom. The smallest absolute Gasteiger partial charge is 0.201 e. The average molecular weight is 746 g/mol. The fourth-order valence-electron chi connectivity index (χ4n) is 10.4. The topological polar surface area (TPSA) is 29.3 Å². The fourth-order valence-corrected chi connectivity index (χ4v) is 11.6. The number of anilines is 1. The maximum atomic E-state index is 5.56. The van der Waals surface area contributed by atoms with Crippen LogP contribution in [0.1, 0.15) is 53.5 Å². The van der Waals surface area contributed by atoms with Gasteiger partial charge in [0.15, 0.2) is 0 Å². The molecule has 1 aliphatic heterocycles. The third kappa shape index (κ3) is 4.23. The highest BCUT2D eigenvalue weighted by Crippen LogP contribution is 2.59. The van der Waals surface area contributed by atoms with Crippen molar-refractivity contribution in [2.45, 2.75) is 25.6 Å². The number of aromatic nitrogens is 1. The van der Waals surface area contributed by atoms with Crippen LogP contribution in [-0.2, 0) is 5.41 Å². The van der Waals surface area contributed by atoms with Crippen LogP contribution in [0.5, 0.6) is 0 Å². The molecule has 1 unspecified atom stereocenters. The lowest BCUT2D eigenvalue weighted by atomic mass is 9.78. The minimum absolute atomic E-state index is 0.0809. The van der Waals surface area contributed by atoms with E-state index < -0.39 is 0 Å². The van der Waals surface area contributed by atoms with Gasteiger partial charge in [-0.05, 0) is 97.8 Å². The summed E-state index contributed by atoms with van der Waals surface area (Å²) in [6.07, 6.45) is -0.333. The number of nitrogens with one attached hydrogen (secondary N) is 1. The molecule has 3 aliphatic rings. The van der Waals surface area contributed by atoms with Gasteiger partial charge in [0, 0.05) is 53.2 Å². The Balaban J connectivity index is 0.959. The molecule has 0 amide bonds. The minimum atomic E-state index is -0.333. The first-order chi connectivity index (χ1) is 28.0. The standard InChI is InChI=1S/C53H35N3S/c1-53(2)42-25-22-31(28-41(42)49-38-16-9-11-30-12-10-17-39(48(30)38)50(49)53)32-23-26-45-40(27-32)34-13-4-7-19-44(34)56(45)52-54-43-18-6-3-15-37(43)51(55-52)33-21-24-36-35-14-5-8-20-46(35)57-47(36)29-33/h3-29,52,54H,1-2H3. The zero-order valence-corrected chi connectivity index (χ0v) is 32.3. The molecule has 268 valence electrons. The molecule has 13 rings (SSSR count). The van der Waals surface area contributed by atoms with Gasteiger partial charge < -0.3 is 9.88 Å². The summed E-state index contributed by atoms with van der Waals surface area (Å²) in [6, 6.07) is 60.7. The van der Waals surface area contributed by atoms with Crippen molar-refractivity contribution >= 4 is 86.6 Å². The van der Waals surface area contributed by atoms with E-state index in [2.05, 4.69) is 188 Å². The van der Waals surface area contributed by atoms with E-state index in [0.29, 0.717) is 0 Å². The summed E-state index contributed by atoms with van der Waals surface area (Å²) in [4.78, 5) is 5.56. The van der Waals surface area contributed by atoms with E-state index in [1.54, 1.807) is 0 Å². The van der Waals surface area contributed by atoms with Gasteiger partial charge in [-0.1, -0.05) is 135 Å². The summed E-state index contributed by atoms with van der Waals surface area (Å²) >= 11 is 1.85. The third-order valence-electron chi connectivity index (χ3n) is 12.9. The molecule has 0 spiro atoms. The van der Waals surface area contributed by atoms with E-state index in [9.17, 15) is 0 Å². The number of rotatable bonds is 3. The Labute approximate surface area is 333 Å². The molecule has 0 saturated carbocycles. The summed E-state index contributed by atoms with van der Waals surface area (Å²) in [5.74, 6) is 0. The van der Waals surface area contributed by atoms with E-state index in [1.807, 2.05) is 11.3 Å². The maximum absolute atomic E-state index is 5.56. The molecule has 8 aromatic carbocycles. The summed E-state index contributed by atoms with van der Waals surface area (Å²) in [7, 11) is 0. The number of benzene rings is 8. The SMILES string of the molecule is CC1(C)C2=C(c3cc(-c4ccc5c(c4)c4ccccc4n5C4N=C(c5ccc6c(c5)sc5ccccc56)c5ccccc5N4)ccc31)c1cccc3cccc2c13.